The Morgan fingerprint density at radius 3 is 1.20 bits per heavy atom. The second kappa shape index (κ2) is 7.35. The number of hydrogen-bond acceptors (Lipinski definition) is 3. The van der Waals surface area contributed by atoms with Crippen molar-refractivity contribution in [3.63, 3.8) is 0 Å². The Kier molecular flexibility index (Phi) is 6.88. The van der Waals surface area contributed by atoms with Gasteiger partial charge in [0.15, 0.2) is 0 Å². The van der Waals surface area contributed by atoms with Gasteiger partial charge in [-0.1, -0.05) is 0 Å². The normalized spacial score (nSPS) is 16.3. The minimum Gasteiger partial charge on any atom is -0.468 e. The minimum atomic E-state index is -8.50. The van der Waals surface area contributed by atoms with Gasteiger partial charge in [0.2, 0.25) is 5.78 Å². The van der Waals surface area contributed by atoms with E-state index < -0.39 is 59.4 Å². The van der Waals surface area contributed by atoms with Crippen molar-refractivity contribution in [3.8, 4) is 0 Å². The number of esters is 1. The van der Waals surface area contributed by atoms with E-state index in [0.29, 0.717) is 7.11 Å². The fraction of sp³-hybridized carbons (Fsp3) is 0.833. The lowest BCUT2D eigenvalue weighted by Crippen LogP contribution is -2.73. The summed E-state index contributed by atoms with van der Waals surface area (Å²) >= 11 is 0. The zero-order chi connectivity index (χ0) is 24.9. The van der Waals surface area contributed by atoms with E-state index >= 15 is 0 Å². The third-order valence-electron chi connectivity index (χ3n) is 3.59. The van der Waals surface area contributed by atoms with Crippen molar-refractivity contribution in [2.75, 3.05) is 7.11 Å². The molecule has 1 unspecified atom stereocenters. The van der Waals surface area contributed by atoms with Crippen LogP contribution >= 0.6 is 0 Å². The highest BCUT2D eigenvalue weighted by molar-refractivity contribution is 6.02. The van der Waals surface area contributed by atoms with Gasteiger partial charge in [0, 0.05) is 0 Å². The summed E-state index contributed by atoms with van der Waals surface area (Å²) in [7, 11) is 0.352. The molecular weight excluding hydrogens is 477 g/mol. The molecule has 0 amide bonds. The Balaban J connectivity index is 6.62. The molecule has 0 aromatic heterocycles. The Labute approximate surface area is 155 Å². The molecule has 0 aliphatic rings. The molecule has 0 fully saturated rings. The topological polar surface area (TPSA) is 43.4 Å². The average molecular weight is 484 g/mol. The van der Waals surface area contributed by atoms with Crippen LogP contribution in [0.4, 0.5) is 65.9 Å². The zero-order valence-corrected chi connectivity index (χ0v) is 14.0. The zero-order valence-electron chi connectivity index (χ0n) is 14.0. The first-order valence-electron chi connectivity index (χ1n) is 6.76. The molecule has 18 heteroatoms. The fourth-order valence-corrected chi connectivity index (χ4v) is 1.68. The van der Waals surface area contributed by atoms with Gasteiger partial charge in [-0.05, 0) is 6.92 Å². The molecule has 0 aromatic carbocycles. The number of methoxy groups -OCH3 is 1. The molecule has 0 rings (SSSR count). The molecule has 0 heterocycles. The van der Waals surface area contributed by atoms with Crippen LogP contribution < -0.4 is 0 Å². The second-order valence-electron chi connectivity index (χ2n) is 5.55. The number of ketones is 1. The quantitative estimate of drug-likeness (QED) is 0.284. The maximum atomic E-state index is 13.5. The highest BCUT2D eigenvalue weighted by Gasteiger charge is 2.94. The van der Waals surface area contributed by atoms with Crippen LogP contribution in [-0.2, 0) is 14.3 Å². The molecule has 0 saturated heterocycles. The summed E-state index contributed by atoms with van der Waals surface area (Å²) in [5, 5.41) is 0. The van der Waals surface area contributed by atoms with Gasteiger partial charge in [-0.25, -0.2) is 0 Å². The molecule has 0 saturated carbocycles. The van der Waals surface area contributed by atoms with Crippen molar-refractivity contribution >= 4 is 11.8 Å². The third kappa shape index (κ3) is 3.54. The van der Waals surface area contributed by atoms with E-state index in [4.69, 9.17) is 0 Å². The van der Waals surface area contributed by atoms with Crippen LogP contribution in [0.5, 0.6) is 0 Å². The first-order chi connectivity index (χ1) is 12.8. The Morgan fingerprint density at radius 1 is 0.600 bits per heavy atom. The van der Waals surface area contributed by atoms with Crippen LogP contribution in [0.2, 0.25) is 0 Å². The number of Topliss-reactive ketones (excluding diaryl/α,β-unsaturated/α-hetero) is 1. The fourth-order valence-electron chi connectivity index (χ4n) is 1.68. The van der Waals surface area contributed by atoms with Crippen molar-refractivity contribution < 1.29 is 80.2 Å². The van der Waals surface area contributed by atoms with Gasteiger partial charge in [0.25, 0.3) is 0 Å². The van der Waals surface area contributed by atoms with Crippen LogP contribution in [0.15, 0.2) is 0 Å². The van der Waals surface area contributed by atoms with Gasteiger partial charge < -0.3 is 4.74 Å². The number of carbonyl (C=O) groups is 2. The standard InChI is InChI=1S/C12H7F15O3/c1-3(5(29)30-2)4(28)6(13,14)7(15,16)8(17,18)9(19,20)10(21,22)11(23,24)12(25,26)27/h3H,1-2H3. The van der Waals surface area contributed by atoms with Gasteiger partial charge in [-0.15, -0.1) is 0 Å². The van der Waals surface area contributed by atoms with E-state index in [1.165, 1.54) is 0 Å². The van der Waals surface area contributed by atoms with Crippen molar-refractivity contribution in [2.45, 2.75) is 48.6 Å². The summed E-state index contributed by atoms with van der Waals surface area (Å²) in [5.41, 5.74) is 0. The summed E-state index contributed by atoms with van der Waals surface area (Å²) in [6, 6.07) is 0. The lowest BCUT2D eigenvalue weighted by atomic mass is 9.87. The van der Waals surface area contributed by atoms with Crippen LogP contribution in [0.3, 0.4) is 0 Å². The average Bonchev–Trinajstić information content (AvgIpc) is 2.57. The number of ether oxygens (including phenoxy) is 1. The van der Waals surface area contributed by atoms with E-state index in [1.807, 2.05) is 0 Å². The lowest BCUT2D eigenvalue weighted by molar-refractivity contribution is -0.449. The third-order valence-corrected chi connectivity index (χ3v) is 3.59. The van der Waals surface area contributed by atoms with Gasteiger partial charge in [0.05, 0.1) is 7.11 Å². The van der Waals surface area contributed by atoms with E-state index in [1.54, 1.807) is 0 Å². The van der Waals surface area contributed by atoms with E-state index in [9.17, 15) is 75.4 Å². The first kappa shape index (κ1) is 28.1. The Hall–Kier alpha value is -1.91. The molecule has 0 aliphatic carbocycles. The molecule has 0 aliphatic heterocycles. The van der Waals surface area contributed by atoms with Crippen molar-refractivity contribution in [2.24, 2.45) is 5.92 Å². The van der Waals surface area contributed by atoms with E-state index in [-0.39, 0.29) is 6.92 Å². The minimum absolute atomic E-state index is 0.000843. The van der Waals surface area contributed by atoms with Crippen molar-refractivity contribution in [1.29, 1.82) is 0 Å². The summed E-state index contributed by atoms with van der Waals surface area (Å²) in [6.45, 7) is 0.000843. The summed E-state index contributed by atoms with van der Waals surface area (Å²) < 4.78 is 198. The van der Waals surface area contributed by atoms with Gasteiger partial charge >= 0.3 is 47.7 Å². The molecule has 0 radical (unpaired) electrons. The smallest absolute Gasteiger partial charge is 0.460 e. The number of alkyl halides is 15. The number of halogens is 15. The largest absolute Gasteiger partial charge is 0.468 e. The predicted molar refractivity (Wildman–Crippen MR) is 61.9 cm³/mol. The Morgan fingerprint density at radius 2 is 0.900 bits per heavy atom. The van der Waals surface area contributed by atoms with Gasteiger partial charge in [-0.2, -0.15) is 65.9 Å². The SMILES string of the molecule is COC(=O)C(C)C(=O)C(F)(F)C(F)(F)C(F)(F)C(F)(F)C(F)(F)C(F)(F)C(F)(F)F. The second-order valence-corrected chi connectivity index (χ2v) is 5.55. The van der Waals surface area contributed by atoms with Gasteiger partial charge in [0.1, 0.15) is 5.92 Å². The van der Waals surface area contributed by atoms with Crippen molar-refractivity contribution in [3.05, 3.63) is 0 Å². The Bertz CT molecular complexity index is 679. The van der Waals surface area contributed by atoms with Crippen LogP contribution in [0, 0.1) is 5.92 Å². The molecule has 30 heavy (non-hydrogen) atoms. The highest BCUT2D eigenvalue weighted by Crippen LogP contribution is 2.62. The number of rotatable bonds is 8. The maximum absolute atomic E-state index is 13.5. The monoisotopic (exact) mass is 484 g/mol. The number of hydrogen-bond donors (Lipinski definition) is 0. The summed E-state index contributed by atoms with van der Waals surface area (Å²) in [4.78, 5) is 22.0. The molecular formula is C12H7F15O3. The molecule has 3 nitrogen and oxygen atoms in total. The molecule has 1 atom stereocenters. The molecule has 0 bridgehead atoms. The molecule has 0 spiro atoms. The summed E-state index contributed by atoms with van der Waals surface area (Å²) in [6.07, 6.45) is -7.72. The molecule has 178 valence electrons. The highest BCUT2D eigenvalue weighted by atomic mass is 19.4. The van der Waals surface area contributed by atoms with Crippen LogP contribution in [0.1, 0.15) is 6.92 Å². The van der Waals surface area contributed by atoms with E-state index in [2.05, 4.69) is 4.74 Å². The van der Waals surface area contributed by atoms with Crippen LogP contribution in [0.25, 0.3) is 0 Å². The predicted octanol–water partition coefficient (Wildman–Crippen LogP) is 4.74. The lowest BCUT2D eigenvalue weighted by Gasteiger charge is -2.41. The first-order valence-corrected chi connectivity index (χ1v) is 6.76. The molecule has 0 N–H and O–H groups in total. The van der Waals surface area contributed by atoms with E-state index in [0.717, 1.165) is 0 Å². The number of carbonyl (C=O) groups excluding carboxylic acids is 2. The maximum Gasteiger partial charge on any atom is 0.460 e. The molecule has 0 aromatic rings. The summed E-state index contributed by atoms with van der Waals surface area (Å²) in [5.74, 6) is -57.4. The van der Waals surface area contributed by atoms with Gasteiger partial charge in [-0.3, -0.25) is 9.59 Å². The van der Waals surface area contributed by atoms with Crippen LogP contribution in [-0.4, -0.2) is 60.6 Å². The van der Waals surface area contributed by atoms with Crippen molar-refractivity contribution in [1.82, 2.24) is 0 Å².